The van der Waals surface area contributed by atoms with E-state index in [0.717, 1.165) is 12.8 Å². The van der Waals surface area contributed by atoms with Gasteiger partial charge in [0.1, 0.15) is 35.0 Å². The van der Waals surface area contributed by atoms with Crippen LogP contribution in [-0.2, 0) is 33.3 Å². The van der Waals surface area contributed by atoms with Crippen molar-refractivity contribution in [2.75, 3.05) is 26.8 Å². The van der Waals surface area contributed by atoms with Crippen LogP contribution in [0, 0.1) is 17.3 Å². The summed E-state index contributed by atoms with van der Waals surface area (Å²) in [5, 5.41) is 0. The van der Waals surface area contributed by atoms with E-state index < -0.39 is 23.0 Å². The molecule has 1 aliphatic carbocycles. The number of allylic oxidation sites excluding steroid dienone is 1. The largest absolute Gasteiger partial charge is 0.443 e. The van der Waals surface area contributed by atoms with Gasteiger partial charge in [0.15, 0.2) is 0 Å². The number of amides is 2. The summed E-state index contributed by atoms with van der Waals surface area (Å²) in [6, 6.07) is -0.199. The van der Waals surface area contributed by atoms with E-state index >= 15 is 0 Å². The Morgan fingerprint density at radius 2 is 1.73 bits per heavy atom. The van der Waals surface area contributed by atoms with E-state index in [1.54, 1.807) is 18.9 Å². The molecule has 0 radical (unpaired) electrons. The fourth-order valence-corrected chi connectivity index (χ4v) is 7.87. The maximum absolute atomic E-state index is 13.5. The SMILES string of the molecule is CO[C@@H]1[C@H](OC(=O)N2C[C@@H]3C[C@H]2CN3C(=O)[C@H](C)CC(=O)CCC(=O)C(C)(C)C)CC[C@]2(CO2)[C@H]1[C@@]1(C)O[C@@H]1CC=C(C)C. The van der Waals surface area contributed by atoms with E-state index in [2.05, 4.69) is 26.8 Å². The lowest BCUT2D eigenvalue weighted by Gasteiger charge is -2.43. The molecule has 0 aromatic carbocycles. The number of ketones is 2. The highest BCUT2D eigenvalue weighted by Gasteiger charge is 2.72. The molecule has 246 valence electrons. The molecule has 44 heavy (non-hydrogen) atoms. The first kappa shape index (κ1) is 33.1. The van der Waals surface area contributed by atoms with Crippen LogP contribution in [0.1, 0.15) is 93.4 Å². The summed E-state index contributed by atoms with van der Waals surface area (Å²) in [5.41, 5.74) is 0.0957. The first-order chi connectivity index (χ1) is 20.6. The topological polar surface area (TPSA) is 118 Å². The van der Waals surface area contributed by atoms with Crippen LogP contribution in [0.3, 0.4) is 0 Å². The lowest BCUT2D eigenvalue weighted by molar-refractivity contribution is -0.140. The molecule has 10 nitrogen and oxygen atoms in total. The van der Waals surface area contributed by atoms with Gasteiger partial charge in [-0.2, -0.15) is 0 Å². The molecule has 4 heterocycles. The van der Waals surface area contributed by atoms with Crippen molar-refractivity contribution in [1.29, 1.82) is 0 Å². The number of ether oxygens (including phenoxy) is 4. The number of hydrogen-bond donors (Lipinski definition) is 0. The zero-order chi connectivity index (χ0) is 32.2. The highest BCUT2D eigenvalue weighted by atomic mass is 16.6. The minimum Gasteiger partial charge on any atom is -0.443 e. The van der Waals surface area contributed by atoms with Crippen LogP contribution in [0.25, 0.3) is 0 Å². The Balaban J connectivity index is 1.14. The number of likely N-dealkylation sites (tertiary alicyclic amines) is 2. The van der Waals surface area contributed by atoms with Crippen molar-refractivity contribution in [3.63, 3.8) is 0 Å². The molecule has 2 amide bonds. The van der Waals surface area contributed by atoms with Gasteiger partial charge in [-0.3, -0.25) is 14.4 Å². The highest BCUT2D eigenvalue weighted by Crippen LogP contribution is 2.59. The van der Waals surface area contributed by atoms with Gasteiger partial charge in [-0.15, -0.1) is 0 Å². The predicted molar refractivity (Wildman–Crippen MR) is 163 cm³/mol. The molecule has 0 unspecified atom stereocenters. The minimum atomic E-state index is -0.474. The number of carbonyl (C=O) groups excluding carboxylic acids is 4. The van der Waals surface area contributed by atoms with Crippen molar-refractivity contribution < 1.29 is 38.1 Å². The van der Waals surface area contributed by atoms with Crippen LogP contribution in [0.4, 0.5) is 4.79 Å². The molecule has 0 aromatic heterocycles. The summed E-state index contributed by atoms with van der Waals surface area (Å²) in [6.45, 7) is 15.1. The third kappa shape index (κ3) is 6.49. The Bertz CT molecular complexity index is 1180. The van der Waals surface area contributed by atoms with Crippen LogP contribution < -0.4 is 0 Å². The highest BCUT2D eigenvalue weighted by molar-refractivity contribution is 5.91. The molecule has 9 atom stereocenters. The Morgan fingerprint density at radius 1 is 1.07 bits per heavy atom. The monoisotopic (exact) mass is 616 g/mol. The summed E-state index contributed by atoms with van der Waals surface area (Å²) >= 11 is 0. The molecule has 0 aromatic rings. The molecule has 5 aliphatic rings. The van der Waals surface area contributed by atoms with Gasteiger partial charge in [-0.05, 0) is 46.5 Å². The summed E-state index contributed by atoms with van der Waals surface area (Å²) in [6.07, 6.45) is 4.65. The van der Waals surface area contributed by atoms with Crippen LogP contribution >= 0.6 is 0 Å². The summed E-state index contributed by atoms with van der Waals surface area (Å²) in [4.78, 5) is 55.1. The Labute approximate surface area is 262 Å². The van der Waals surface area contributed by atoms with Gasteiger partial charge in [0, 0.05) is 50.8 Å². The second-order valence-electron chi connectivity index (χ2n) is 15.3. The number of nitrogens with zero attached hydrogens (tertiary/aromatic N) is 2. The standard InChI is InChI=1S/C34H52N2O8/c1-20(2)9-12-27-33(7,44-27)29-28(41-8)25(13-14-34(29)19-42-34)43-31(40)36-18-22-16-23(36)17-35(22)30(39)21(3)15-24(37)10-11-26(38)32(4,5)6/h9,21-23,25,27-29H,10-19H2,1-8H3/t21-,22+,23+,25-,27-,28-,29-,33+,34+/m1/s1. The van der Waals surface area contributed by atoms with E-state index in [9.17, 15) is 19.2 Å². The Morgan fingerprint density at radius 3 is 2.30 bits per heavy atom. The number of carbonyl (C=O) groups is 4. The zero-order valence-corrected chi connectivity index (χ0v) is 27.9. The van der Waals surface area contributed by atoms with Crippen LogP contribution in [0.2, 0.25) is 0 Å². The molecular weight excluding hydrogens is 564 g/mol. The van der Waals surface area contributed by atoms with E-state index in [1.807, 2.05) is 25.7 Å². The third-order valence-electron chi connectivity index (χ3n) is 10.7. The van der Waals surface area contributed by atoms with Crippen LogP contribution in [0.5, 0.6) is 0 Å². The molecule has 4 aliphatic heterocycles. The van der Waals surface area contributed by atoms with Crippen LogP contribution in [-0.4, -0.2) is 102 Å². The van der Waals surface area contributed by atoms with Gasteiger partial charge in [-0.1, -0.05) is 39.3 Å². The number of rotatable bonds is 11. The van der Waals surface area contributed by atoms with Crippen molar-refractivity contribution in [2.24, 2.45) is 17.3 Å². The fraction of sp³-hybridized carbons (Fsp3) is 0.824. The first-order valence-electron chi connectivity index (χ1n) is 16.4. The smallest absolute Gasteiger partial charge is 0.410 e. The van der Waals surface area contributed by atoms with Crippen molar-refractivity contribution >= 4 is 23.6 Å². The van der Waals surface area contributed by atoms with Crippen molar-refractivity contribution in [2.45, 2.75) is 135 Å². The molecule has 4 saturated heterocycles. The average Bonchev–Trinajstić information content (AvgIpc) is 3.76. The maximum Gasteiger partial charge on any atom is 0.410 e. The molecule has 2 bridgehead atoms. The Hall–Kier alpha value is -2.30. The maximum atomic E-state index is 13.5. The first-order valence-corrected chi connectivity index (χ1v) is 16.4. The van der Waals surface area contributed by atoms with Crippen molar-refractivity contribution in [1.82, 2.24) is 9.80 Å². The lowest BCUT2D eigenvalue weighted by Crippen LogP contribution is -2.57. The summed E-state index contributed by atoms with van der Waals surface area (Å²) < 4.78 is 24.5. The van der Waals surface area contributed by atoms with Gasteiger partial charge in [-0.25, -0.2) is 4.79 Å². The van der Waals surface area contributed by atoms with Gasteiger partial charge in [0.25, 0.3) is 0 Å². The lowest BCUT2D eigenvalue weighted by atomic mass is 9.68. The molecule has 1 spiro atoms. The van der Waals surface area contributed by atoms with E-state index in [1.165, 1.54) is 5.57 Å². The van der Waals surface area contributed by atoms with Gasteiger partial charge >= 0.3 is 6.09 Å². The zero-order valence-electron chi connectivity index (χ0n) is 27.9. The molecular formula is C34H52N2O8. The van der Waals surface area contributed by atoms with E-state index in [-0.39, 0.29) is 78.6 Å². The number of Topliss-reactive ketones (excluding diaryl/α,β-unsaturated/α-hetero) is 2. The van der Waals surface area contributed by atoms with Crippen molar-refractivity contribution in [3.05, 3.63) is 11.6 Å². The fourth-order valence-electron chi connectivity index (χ4n) is 7.87. The average molecular weight is 617 g/mol. The van der Waals surface area contributed by atoms with E-state index in [0.29, 0.717) is 32.5 Å². The second kappa shape index (κ2) is 12.1. The number of methoxy groups -OCH3 is 1. The number of piperazine rings is 1. The summed E-state index contributed by atoms with van der Waals surface area (Å²) in [7, 11) is 1.67. The Kier molecular flexibility index (Phi) is 9.12. The van der Waals surface area contributed by atoms with Crippen molar-refractivity contribution in [3.8, 4) is 0 Å². The number of hydrogen-bond acceptors (Lipinski definition) is 8. The van der Waals surface area contributed by atoms with Gasteiger partial charge < -0.3 is 28.7 Å². The summed E-state index contributed by atoms with van der Waals surface area (Å²) in [5.74, 6) is -0.583. The predicted octanol–water partition coefficient (Wildman–Crippen LogP) is 4.48. The second-order valence-corrected chi connectivity index (χ2v) is 15.3. The van der Waals surface area contributed by atoms with Crippen LogP contribution in [0.15, 0.2) is 11.6 Å². The normalized spacial score (nSPS) is 36.3. The molecule has 5 fully saturated rings. The molecule has 5 rings (SSSR count). The van der Waals surface area contributed by atoms with Gasteiger partial charge in [0.2, 0.25) is 5.91 Å². The number of epoxide rings is 2. The minimum absolute atomic E-state index is 0.0407. The quantitative estimate of drug-likeness (QED) is 0.246. The molecule has 0 N–H and O–H groups in total. The molecule has 10 heteroatoms. The number of fused-ring (bicyclic) bond motifs is 2. The third-order valence-corrected chi connectivity index (χ3v) is 10.7. The van der Waals surface area contributed by atoms with Gasteiger partial charge in [0.05, 0.1) is 30.7 Å². The molecule has 1 saturated carbocycles. The van der Waals surface area contributed by atoms with E-state index in [4.69, 9.17) is 18.9 Å².